The molecule has 0 N–H and O–H groups in total. The van der Waals surface area contributed by atoms with Gasteiger partial charge in [0.05, 0.1) is 7.11 Å². The van der Waals surface area contributed by atoms with Crippen molar-refractivity contribution in [2.45, 2.75) is 0 Å². The third-order valence-electron chi connectivity index (χ3n) is 0.332. The molecular weight excluding hydrogens is 124 g/mol. The van der Waals surface area contributed by atoms with Crippen LogP contribution in [0, 0.1) is 0 Å². The van der Waals surface area contributed by atoms with Crippen LogP contribution < -0.4 is 0 Å². The largest absolute Gasteiger partial charge is 0.365 e. The lowest BCUT2D eigenvalue weighted by molar-refractivity contribution is -0.249. The molecule has 0 aromatic heterocycles. The summed E-state index contributed by atoms with van der Waals surface area (Å²) in [4.78, 5) is 17.9. The molecule has 3 nitrogen and oxygen atoms in total. The quantitative estimate of drug-likeness (QED) is 0.206. The predicted molar refractivity (Wildman–Crippen MR) is 34.6 cm³/mol. The Labute approximate surface area is 52.2 Å². The van der Waals surface area contributed by atoms with Crippen LogP contribution in [0.2, 0.25) is 0 Å². The van der Waals surface area contributed by atoms with Gasteiger partial charge in [-0.2, -0.15) is 4.89 Å². The van der Waals surface area contributed by atoms with Crippen LogP contribution in [0.5, 0.6) is 0 Å². The number of carbonyl (C=O) groups is 1. The van der Waals surface area contributed by atoms with E-state index in [0.29, 0.717) is 0 Å². The Morgan fingerprint density at radius 1 is 1.75 bits per heavy atom. The molecule has 0 saturated heterocycles. The number of carbonyl (C=O) groups excluding carboxylic acids is 1. The van der Waals surface area contributed by atoms with Crippen molar-refractivity contribution in [2.24, 2.45) is 0 Å². The molecule has 0 aliphatic rings. The first kappa shape index (κ1) is 10.4. The maximum Gasteiger partial charge on any atom is 0.365 e. The summed E-state index contributed by atoms with van der Waals surface area (Å²) < 4.78 is 0. The average molecular weight is 134 g/mol. The molecule has 0 bridgehead atoms. The van der Waals surface area contributed by atoms with Crippen molar-refractivity contribution in [3.63, 3.8) is 0 Å². The van der Waals surface area contributed by atoms with E-state index >= 15 is 0 Å². The summed E-state index contributed by atoms with van der Waals surface area (Å²) >= 11 is 0. The monoisotopic (exact) mass is 134 g/mol. The Morgan fingerprint density at radius 2 is 2.25 bits per heavy atom. The highest BCUT2D eigenvalue weighted by Gasteiger charge is 1.88. The average Bonchev–Trinajstić information content (AvgIpc) is 1.68. The first-order valence-corrected chi connectivity index (χ1v) is 1.68. The molecule has 0 radical (unpaired) electrons. The molecular formula is C4H10O3Si. The van der Waals surface area contributed by atoms with E-state index < -0.39 is 5.97 Å². The van der Waals surface area contributed by atoms with Gasteiger partial charge in [0.2, 0.25) is 0 Å². The molecule has 0 unspecified atom stereocenters. The fraction of sp³-hybridized carbons (Fsp3) is 0.250. The summed E-state index contributed by atoms with van der Waals surface area (Å²) in [6.45, 7) is 3.12. The maximum absolute atomic E-state index is 9.95. The number of rotatable bonds is 2. The molecule has 0 spiro atoms. The van der Waals surface area contributed by atoms with Gasteiger partial charge in [-0.3, -0.25) is 4.89 Å². The van der Waals surface area contributed by atoms with E-state index in [-0.39, 0.29) is 11.0 Å². The predicted octanol–water partition coefficient (Wildman–Crippen LogP) is -1.17. The van der Waals surface area contributed by atoms with Gasteiger partial charge in [-0.25, -0.2) is 4.79 Å². The van der Waals surface area contributed by atoms with Crippen LogP contribution in [-0.4, -0.2) is 24.0 Å². The van der Waals surface area contributed by atoms with Crippen LogP contribution in [0.3, 0.4) is 0 Å². The van der Waals surface area contributed by atoms with Crippen molar-refractivity contribution in [1.29, 1.82) is 0 Å². The standard InChI is InChI=1S/C4H6O3.H4Si/c1-3-4(5)7-6-2;/h3H,1H2,2H3;1H4. The molecule has 0 fully saturated rings. The minimum Gasteiger partial charge on any atom is -0.294 e. The number of hydrogen-bond donors (Lipinski definition) is 0. The highest BCUT2D eigenvalue weighted by atomic mass is 28.1. The maximum atomic E-state index is 9.95. The van der Waals surface area contributed by atoms with Crippen LogP contribution in [0.4, 0.5) is 0 Å². The number of hydrogen-bond acceptors (Lipinski definition) is 3. The molecule has 0 amide bonds. The molecule has 0 aromatic carbocycles. The summed E-state index contributed by atoms with van der Waals surface area (Å²) in [6, 6.07) is 0. The van der Waals surface area contributed by atoms with Crippen LogP contribution in [-0.2, 0) is 14.6 Å². The summed E-state index contributed by atoms with van der Waals surface area (Å²) in [5.41, 5.74) is 0. The Kier molecular flexibility index (Phi) is 8.29. The van der Waals surface area contributed by atoms with E-state index in [4.69, 9.17) is 0 Å². The minimum absolute atomic E-state index is 0. The molecule has 0 heterocycles. The fourth-order valence-electron chi connectivity index (χ4n) is 0.116. The lowest BCUT2D eigenvalue weighted by Crippen LogP contribution is -1.96. The van der Waals surface area contributed by atoms with E-state index in [1.807, 2.05) is 0 Å². The highest BCUT2D eigenvalue weighted by Crippen LogP contribution is 1.74. The molecule has 4 heteroatoms. The van der Waals surface area contributed by atoms with Crippen molar-refractivity contribution >= 4 is 16.9 Å². The summed E-state index contributed by atoms with van der Waals surface area (Å²) in [7, 11) is 1.25. The molecule has 0 saturated carbocycles. The van der Waals surface area contributed by atoms with Gasteiger partial charge in [-0.1, -0.05) is 6.58 Å². The zero-order valence-corrected chi connectivity index (χ0v) is 4.01. The second kappa shape index (κ2) is 6.39. The SMILES string of the molecule is C=CC(=O)OOC.[SiH4]. The second-order valence-electron chi connectivity index (χ2n) is 0.773. The van der Waals surface area contributed by atoms with Crippen molar-refractivity contribution in [3.05, 3.63) is 12.7 Å². The van der Waals surface area contributed by atoms with Gasteiger partial charge in [0.15, 0.2) is 0 Å². The first-order valence-electron chi connectivity index (χ1n) is 1.68. The van der Waals surface area contributed by atoms with Gasteiger partial charge >= 0.3 is 5.97 Å². The Hall–Kier alpha value is -0.613. The molecule has 0 rings (SSSR count). The van der Waals surface area contributed by atoms with Gasteiger partial charge in [0.1, 0.15) is 0 Å². The van der Waals surface area contributed by atoms with Crippen molar-refractivity contribution in [1.82, 2.24) is 0 Å². The lowest BCUT2D eigenvalue weighted by atomic mass is 10.7. The minimum atomic E-state index is -0.581. The molecule has 0 atom stereocenters. The van der Waals surface area contributed by atoms with Gasteiger partial charge < -0.3 is 0 Å². The van der Waals surface area contributed by atoms with Crippen LogP contribution in [0.15, 0.2) is 12.7 Å². The third-order valence-corrected chi connectivity index (χ3v) is 0.332. The smallest absolute Gasteiger partial charge is 0.294 e. The Balaban J connectivity index is 0. The molecule has 0 aliphatic heterocycles. The van der Waals surface area contributed by atoms with E-state index in [1.165, 1.54) is 7.11 Å². The van der Waals surface area contributed by atoms with Crippen molar-refractivity contribution in [2.75, 3.05) is 7.11 Å². The van der Waals surface area contributed by atoms with Gasteiger partial charge in [-0.05, 0) is 11.0 Å². The van der Waals surface area contributed by atoms with Crippen molar-refractivity contribution in [3.8, 4) is 0 Å². The zero-order chi connectivity index (χ0) is 5.70. The Morgan fingerprint density at radius 3 is 2.38 bits per heavy atom. The fourth-order valence-corrected chi connectivity index (χ4v) is 0.116. The topological polar surface area (TPSA) is 35.5 Å². The first-order chi connectivity index (χ1) is 3.31. The van der Waals surface area contributed by atoms with E-state index in [1.54, 1.807) is 0 Å². The summed E-state index contributed by atoms with van der Waals surface area (Å²) in [5, 5.41) is 0. The summed E-state index contributed by atoms with van der Waals surface area (Å²) in [6.07, 6.45) is 1.02. The van der Waals surface area contributed by atoms with Crippen LogP contribution in [0.1, 0.15) is 0 Å². The highest BCUT2D eigenvalue weighted by molar-refractivity contribution is 5.80. The molecule has 0 aliphatic carbocycles. The molecule has 48 valence electrons. The van der Waals surface area contributed by atoms with Crippen molar-refractivity contribution < 1.29 is 14.6 Å². The zero-order valence-electron chi connectivity index (χ0n) is 4.01. The second-order valence-corrected chi connectivity index (χ2v) is 0.773. The van der Waals surface area contributed by atoms with E-state index in [0.717, 1.165) is 6.08 Å². The Bertz CT molecular complexity index is 81.4. The van der Waals surface area contributed by atoms with E-state index in [2.05, 4.69) is 16.4 Å². The van der Waals surface area contributed by atoms with Crippen LogP contribution in [0.25, 0.3) is 0 Å². The van der Waals surface area contributed by atoms with Crippen LogP contribution >= 0.6 is 0 Å². The van der Waals surface area contributed by atoms with Gasteiger partial charge in [0, 0.05) is 6.08 Å². The normalized spacial score (nSPS) is 6.62. The van der Waals surface area contributed by atoms with E-state index in [9.17, 15) is 4.79 Å². The van der Waals surface area contributed by atoms with Gasteiger partial charge in [-0.15, -0.1) is 0 Å². The summed E-state index contributed by atoms with van der Waals surface area (Å²) in [5.74, 6) is -0.581. The van der Waals surface area contributed by atoms with Gasteiger partial charge in [0.25, 0.3) is 0 Å². The molecule has 0 aromatic rings. The lowest BCUT2D eigenvalue weighted by Gasteiger charge is -1.88. The molecule has 8 heavy (non-hydrogen) atoms. The third kappa shape index (κ3) is 5.39.